The standard InChI is InChI=1S/C19H21Cl2N3O.CH3I/c1-3-22-19(25)23-14-6-4-12(5-7-14)16-10-24(2)11-17-15(16)8-13(20)9-18(17)21;1-2/h4-9,16H,3,10-11H2,1-2H3,(H2,22,23,25);1H3. The Labute approximate surface area is 184 Å². The van der Waals surface area contributed by atoms with Crippen LogP contribution in [0, 0.1) is 0 Å². The molecule has 0 saturated carbocycles. The molecule has 2 aromatic rings. The summed E-state index contributed by atoms with van der Waals surface area (Å²) in [6.07, 6.45) is 0. The molecule has 0 bridgehead atoms. The lowest BCUT2D eigenvalue weighted by molar-refractivity contribution is 0.252. The number of hydrogen-bond acceptors (Lipinski definition) is 2. The Kier molecular flexibility index (Phi) is 8.66. The van der Waals surface area contributed by atoms with Gasteiger partial charge in [0, 0.05) is 41.3 Å². The first-order chi connectivity index (χ1) is 13.0. The summed E-state index contributed by atoms with van der Waals surface area (Å²) in [6, 6.07) is 11.6. The van der Waals surface area contributed by atoms with Crippen molar-refractivity contribution in [3.05, 3.63) is 63.1 Å². The molecular formula is C20H24Cl2IN3O. The molecule has 1 aliphatic heterocycles. The van der Waals surface area contributed by atoms with Gasteiger partial charge in [0.05, 0.1) is 0 Å². The second kappa shape index (κ2) is 10.5. The van der Waals surface area contributed by atoms with Gasteiger partial charge >= 0.3 is 6.03 Å². The number of carbonyl (C=O) groups excluding carboxylic acids is 1. The minimum absolute atomic E-state index is 0.198. The van der Waals surface area contributed by atoms with Crippen molar-refractivity contribution in [1.29, 1.82) is 0 Å². The highest BCUT2D eigenvalue weighted by Crippen LogP contribution is 2.38. The van der Waals surface area contributed by atoms with E-state index in [0.29, 0.717) is 16.6 Å². The zero-order chi connectivity index (χ0) is 20.0. The lowest BCUT2D eigenvalue weighted by Crippen LogP contribution is -2.31. The molecule has 146 valence electrons. The second-order valence-corrected chi connectivity index (χ2v) is 7.15. The van der Waals surface area contributed by atoms with Gasteiger partial charge in [-0.3, -0.25) is 0 Å². The lowest BCUT2D eigenvalue weighted by atomic mass is 9.85. The number of urea groups is 1. The van der Waals surface area contributed by atoms with Gasteiger partial charge in [0.15, 0.2) is 0 Å². The maximum Gasteiger partial charge on any atom is 0.319 e. The van der Waals surface area contributed by atoms with Crippen molar-refractivity contribution in [3.63, 3.8) is 0 Å². The molecule has 3 rings (SSSR count). The molecule has 1 unspecified atom stereocenters. The van der Waals surface area contributed by atoms with Crippen LogP contribution >= 0.6 is 45.8 Å². The molecular weight excluding hydrogens is 496 g/mol. The molecule has 27 heavy (non-hydrogen) atoms. The van der Waals surface area contributed by atoms with E-state index in [2.05, 4.69) is 45.2 Å². The summed E-state index contributed by atoms with van der Waals surface area (Å²) in [5.74, 6) is 0.198. The van der Waals surface area contributed by atoms with Crippen LogP contribution in [0.4, 0.5) is 10.5 Å². The van der Waals surface area contributed by atoms with Crippen molar-refractivity contribution in [3.8, 4) is 0 Å². The molecule has 0 saturated heterocycles. The number of alkyl halides is 1. The van der Waals surface area contributed by atoms with Crippen LogP contribution in [-0.4, -0.2) is 36.0 Å². The van der Waals surface area contributed by atoms with Crippen molar-refractivity contribution in [1.82, 2.24) is 10.2 Å². The molecule has 0 radical (unpaired) electrons. The smallest absolute Gasteiger partial charge is 0.319 e. The predicted molar refractivity (Wildman–Crippen MR) is 124 cm³/mol. The fraction of sp³-hybridized carbons (Fsp3) is 0.350. The number of amides is 2. The van der Waals surface area contributed by atoms with Gasteiger partial charge in [-0.1, -0.05) is 57.9 Å². The Morgan fingerprint density at radius 2 is 1.89 bits per heavy atom. The van der Waals surface area contributed by atoms with Crippen LogP contribution in [0.3, 0.4) is 0 Å². The SMILES string of the molecule is CCNC(=O)Nc1ccc(C2CN(C)Cc3c(Cl)cc(Cl)cc32)cc1.CI. The highest BCUT2D eigenvalue weighted by Gasteiger charge is 2.27. The van der Waals surface area contributed by atoms with E-state index in [1.54, 1.807) is 6.07 Å². The van der Waals surface area contributed by atoms with E-state index in [-0.39, 0.29) is 11.9 Å². The Balaban J connectivity index is 0.00000126. The van der Waals surface area contributed by atoms with Gasteiger partial charge < -0.3 is 15.5 Å². The summed E-state index contributed by atoms with van der Waals surface area (Å²) < 4.78 is 0. The Bertz CT molecular complexity index is 784. The molecule has 1 atom stereocenters. The minimum atomic E-state index is -0.198. The number of nitrogens with zero attached hydrogens (tertiary/aromatic N) is 1. The average Bonchev–Trinajstić information content (AvgIpc) is 2.64. The molecule has 0 aliphatic carbocycles. The van der Waals surface area contributed by atoms with Gasteiger partial charge in [-0.2, -0.15) is 0 Å². The molecule has 0 fully saturated rings. The zero-order valence-electron chi connectivity index (χ0n) is 15.7. The number of likely N-dealkylation sites (N-methyl/N-ethyl adjacent to an activating group) is 1. The fourth-order valence-corrected chi connectivity index (χ4v) is 3.83. The van der Waals surface area contributed by atoms with E-state index >= 15 is 0 Å². The van der Waals surface area contributed by atoms with Gasteiger partial charge in [-0.25, -0.2) is 4.79 Å². The molecule has 2 amide bonds. The third kappa shape index (κ3) is 5.73. The van der Waals surface area contributed by atoms with Gasteiger partial charge in [-0.15, -0.1) is 0 Å². The number of carbonyl (C=O) groups is 1. The minimum Gasteiger partial charge on any atom is -0.338 e. The number of fused-ring (bicyclic) bond motifs is 1. The first-order valence-electron chi connectivity index (χ1n) is 8.67. The first-order valence-corrected chi connectivity index (χ1v) is 11.6. The third-order valence-corrected chi connectivity index (χ3v) is 4.96. The van der Waals surface area contributed by atoms with E-state index in [0.717, 1.165) is 24.3 Å². The van der Waals surface area contributed by atoms with Crippen LogP contribution in [0.15, 0.2) is 36.4 Å². The fourth-order valence-electron chi connectivity index (χ4n) is 3.27. The Morgan fingerprint density at radius 1 is 1.22 bits per heavy atom. The largest absolute Gasteiger partial charge is 0.338 e. The number of halogens is 3. The molecule has 1 aliphatic rings. The Hall–Kier alpha value is -1.02. The number of anilines is 1. The van der Waals surface area contributed by atoms with E-state index < -0.39 is 0 Å². The van der Waals surface area contributed by atoms with Crippen molar-refractivity contribution in [2.45, 2.75) is 19.4 Å². The lowest BCUT2D eigenvalue weighted by Gasteiger charge is -2.33. The van der Waals surface area contributed by atoms with E-state index in [1.807, 2.05) is 42.2 Å². The molecule has 0 aromatic heterocycles. The molecule has 4 nitrogen and oxygen atoms in total. The molecule has 2 N–H and O–H groups in total. The van der Waals surface area contributed by atoms with E-state index in [4.69, 9.17) is 23.2 Å². The summed E-state index contributed by atoms with van der Waals surface area (Å²) in [4.78, 5) is 15.9. The summed E-state index contributed by atoms with van der Waals surface area (Å²) in [5.41, 5.74) is 4.25. The monoisotopic (exact) mass is 519 g/mol. The molecule has 0 spiro atoms. The average molecular weight is 520 g/mol. The number of benzene rings is 2. The first kappa shape index (κ1) is 22.3. The second-order valence-electron chi connectivity index (χ2n) is 6.31. The van der Waals surface area contributed by atoms with E-state index in [1.165, 1.54) is 11.1 Å². The van der Waals surface area contributed by atoms with Crippen molar-refractivity contribution >= 4 is 57.5 Å². The topological polar surface area (TPSA) is 44.4 Å². The van der Waals surface area contributed by atoms with Crippen LogP contribution in [-0.2, 0) is 6.54 Å². The number of nitrogens with one attached hydrogen (secondary N) is 2. The number of hydrogen-bond donors (Lipinski definition) is 2. The van der Waals surface area contributed by atoms with Crippen LogP contribution in [0.1, 0.15) is 29.5 Å². The van der Waals surface area contributed by atoms with Crippen LogP contribution in [0.5, 0.6) is 0 Å². The van der Waals surface area contributed by atoms with E-state index in [9.17, 15) is 4.79 Å². The van der Waals surface area contributed by atoms with Gasteiger partial charge in [-0.05, 0) is 59.9 Å². The summed E-state index contributed by atoms with van der Waals surface area (Å²) in [5, 5.41) is 6.91. The van der Waals surface area contributed by atoms with Gasteiger partial charge in [0.1, 0.15) is 0 Å². The Morgan fingerprint density at radius 3 is 2.52 bits per heavy atom. The number of rotatable bonds is 3. The van der Waals surface area contributed by atoms with Crippen LogP contribution in [0.25, 0.3) is 0 Å². The predicted octanol–water partition coefficient (Wildman–Crippen LogP) is 5.76. The van der Waals surface area contributed by atoms with Crippen LogP contribution < -0.4 is 10.6 Å². The third-order valence-electron chi connectivity index (χ3n) is 4.40. The summed E-state index contributed by atoms with van der Waals surface area (Å²) >= 11 is 14.8. The summed E-state index contributed by atoms with van der Waals surface area (Å²) in [7, 11) is 2.09. The van der Waals surface area contributed by atoms with Crippen molar-refractivity contribution in [2.75, 3.05) is 30.4 Å². The van der Waals surface area contributed by atoms with Gasteiger partial charge in [0.25, 0.3) is 0 Å². The van der Waals surface area contributed by atoms with Crippen molar-refractivity contribution < 1.29 is 4.79 Å². The quantitative estimate of drug-likeness (QED) is 0.399. The molecule has 2 aromatic carbocycles. The molecule has 1 heterocycles. The maximum absolute atomic E-state index is 11.6. The molecule has 7 heteroatoms. The highest BCUT2D eigenvalue weighted by molar-refractivity contribution is 14.1. The normalized spacial score (nSPS) is 16.0. The zero-order valence-corrected chi connectivity index (χ0v) is 19.3. The highest BCUT2D eigenvalue weighted by atomic mass is 127. The summed E-state index contributed by atoms with van der Waals surface area (Å²) in [6.45, 7) is 4.19. The van der Waals surface area contributed by atoms with Crippen molar-refractivity contribution in [2.24, 2.45) is 0 Å². The maximum atomic E-state index is 11.6. The van der Waals surface area contributed by atoms with Gasteiger partial charge in [0.2, 0.25) is 0 Å². The van der Waals surface area contributed by atoms with Crippen LogP contribution in [0.2, 0.25) is 10.0 Å².